The van der Waals surface area contributed by atoms with Crippen LogP contribution in [0.25, 0.3) is 0 Å². The molecule has 1 aliphatic heterocycles. The number of halogens is 2. The summed E-state index contributed by atoms with van der Waals surface area (Å²) < 4.78 is 7.82. The molecule has 10 nitrogen and oxygen atoms in total. The second-order valence-electron chi connectivity index (χ2n) is 9.50. The number of rotatable bonds is 10. The van der Waals surface area contributed by atoms with E-state index in [9.17, 15) is 4.79 Å². The maximum Gasteiger partial charge on any atom is 0.318 e. The van der Waals surface area contributed by atoms with E-state index in [1.54, 1.807) is 27.9 Å². The number of aliphatic imine (C=N–C) groups is 1. The lowest BCUT2D eigenvalue weighted by atomic mass is 10.0. The number of ether oxygens (including phenoxy) is 1. The van der Waals surface area contributed by atoms with E-state index in [0.717, 1.165) is 13.0 Å². The minimum absolute atomic E-state index is 0.0659. The Balaban J connectivity index is 1.54. The predicted molar refractivity (Wildman–Crippen MR) is 146 cm³/mol. The van der Waals surface area contributed by atoms with Crippen molar-refractivity contribution in [3.05, 3.63) is 69.9 Å². The maximum absolute atomic E-state index is 13.0. The average molecular weight is 547 g/mol. The minimum atomic E-state index is -0.173. The van der Waals surface area contributed by atoms with Crippen molar-refractivity contribution < 1.29 is 9.53 Å². The van der Waals surface area contributed by atoms with Gasteiger partial charge in [0.1, 0.15) is 18.2 Å². The molecule has 2 atom stereocenters. The van der Waals surface area contributed by atoms with E-state index in [2.05, 4.69) is 26.9 Å². The molecule has 0 spiro atoms. The Bertz CT molecular complexity index is 1230. The van der Waals surface area contributed by atoms with Gasteiger partial charge in [0.15, 0.2) is 0 Å². The zero-order chi connectivity index (χ0) is 26.7. The molecule has 12 heteroatoms. The van der Waals surface area contributed by atoms with Gasteiger partial charge < -0.3 is 31.3 Å². The highest BCUT2D eigenvalue weighted by molar-refractivity contribution is 6.38. The third-order valence-corrected chi connectivity index (χ3v) is 6.67. The average Bonchev–Trinajstić information content (AvgIpc) is 3.18. The fraction of sp³-hybridized carbons (Fsp3) is 0.400. The lowest BCUT2D eigenvalue weighted by Gasteiger charge is -2.19. The highest BCUT2D eigenvalue weighted by Gasteiger charge is 2.40. The molecule has 1 aromatic heterocycles. The second-order valence-corrected chi connectivity index (χ2v) is 10.3. The van der Waals surface area contributed by atoms with Crippen LogP contribution in [0.2, 0.25) is 10.0 Å². The van der Waals surface area contributed by atoms with Crippen LogP contribution in [-0.4, -0.2) is 77.7 Å². The third kappa shape index (κ3) is 6.76. The number of nitrogens with zero attached hydrogens (tertiary/aromatic N) is 5. The first-order valence-corrected chi connectivity index (χ1v) is 12.7. The van der Waals surface area contributed by atoms with Crippen molar-refractivity contribution in [1.82, 2.24) is 24.9 Å². The van der Waals surface area contributed by atoms with Crippen molar-refractivity contribution in [1.29, 1.82) is 0 Å². The van der Waals surface area contributed by atoms with Gasteiger partial charge in [0, 0.05) is 41.3 Å². The normalized spacial score (nSPS) is 19.5. The molecule has 2 aromatic rings. The van der Waals surface area contributed by atoms with E-state index < -0.39 is 0 Å². The summed E-state index contributed by atoms with van der Waals surface area (Å²) in [5, 5.41) is 8.00. The summed E-state index contributed by atoms with van der Waals surface area (Å²) in [4.78, 5) is 21.2. The molecule has 198 valence electrons. The first-order chi connectivity index (χ1) is 17.6. The van der Waals surface area contributed by atoms with Gasteiger partial charge in [-0.2, -0.15) is 5.10 Å². The van der Waals surface area contributed by atoms with E-state index >= 15 is 0 Å². The molecule has 1 fully saturated rings. The van der Waals surface area contributed by atoms with E-state index in [1.807, 2.05) is 26.4 Å². The summed E-state index contributed by atoms with van der Waals surface area (Å²) in [6, 6.07) is 5.09. The molecule has 2 amide bonds. The molecule has 1 saturated carbocycles. The first kappa shape index (κ1) is 26.8. The van der Waals surface area contributed by atoms with Gasteiger partial charge in [0.05, 0.1) is 35.9 Å². The van der Waals surface area contributed by atoms with Crippen molar-refractivity contribution in [3.8, 4) is 5.75 Å². The van der Waals surface area contributed by atoms with Crippen LogP contribution in [0.5, 0.6) is 5.75 Å². The van der Waals surface area contributed by atoms with Crippen LogP contribution in [0.3, 0.4) is 0 Å². The molecule has 0 bridgehead atoms. The van der Waals surface area contributed by atoms with Gasteiger partial charge >= 0.3 is 6.03 Å². The summed E-state index contributed by atoms with van der Waals surface area (Å²) in [7, 11) is 4.05. The number of urea groups is 1. The summed E-state index contributed by atoms with van der Waals surface area (Å²) in [6.45, 7) is 5.98. The Labute approximate surface area is 226 Å². The molecular weight excluding hydrogens is 515 g/mol. The maximum atomic E-state index is 13.0. The zero-order valence-corrected chi connectivity index (χ0v) is 22.5. The lowest BCUT2D eigenvalue weighted by molar-refractivity contribution is 0.208. The molecule has 5 N–H and O–H groups in total. The molecular formula is C25H32Cl2N8O2. The highest BCUT2D eigenvalue weighted by Crippen LogP contribution is 2.36. The molecule has 0 saturated heterocycles. The molecule has 2 heterocycles. The molecule has 1 aromatic carbocycles. The summed E-state index contributed by atoms with van der Waals surface area (Å²) in [6.07, 6.45) is 4.50. The molecule has 2 aliphatic rings. The van der Waals surface area contributed by atoms with E-state index in [4.69, 9.17) is 39.4 Å². The lowest BCUT2D eigenvalue weighted by Crippen LogP contribution is -2.41. The molecule has 37 heavy (non-hydrogen) atoms. The number of nitrogens with one attached hydrogen (secondary N) is 1. The van der Waals surface area contributed by atoms with Gasteiger partial charge in [-0.1, -0.05) is 29.8 Å². The van der Waals surface area contributed by atoms with Crippen LogP contribution in [0.15, 0.2) is 59.3 Å². The number of carbonyl (C=O) groups is 1. The standard InChI is InChI=1S/C25H32Cl2N8O2/c1-15(28)31-24(18-13-34(14-20(18)29)25(36)32-21-9-16(21)12-33(2)3)23-19(27)10-17(26)11-22(23)37-8-7-35-6-4-5-30-35/h4-6,10-11,16,21H,1,7-9,12-14,28-29H2,2-3H3,(H,32,36)/t16-,21?/m0/s1. The fourth-order valence-corrected chi connectivity index (χ4v) is 4.92. The van der Waals surface area contributed by atoms with E-state index in [1.165, 1.54) is 0 Å². The van der Waals surface area contributed by atoms with E-state index in [0.29, 0.717) is 57.4 Å². The summed E-state index contributed by atoms with van der Waals surface area (Å²) in [5.74, 6) is 0.937. The highest BCUT2D eigenvalue weighted by atomic mass is 35.5. The Morgan fingerprint density at radius 1 is 1.35 bits per heavy atom. The Morgan fingerprint density at radius 3 is 2.81 bits per heavy atom. The predicted octanol–water partition coefficient (Wildman–Crippen LogP) is 2.68. The van der Waals surface area contributed by atoms with Gasteiger partial charge in [0.25, 0.3) is 0 Å². The monoisotopic (exact) mass is 546 g/mol. The summed E-state index contributed by atoms with van der Waals surface area (Å²) >= 11 is 13.0. The fourth-order valence-electron chi connectivity index (χ4n) is 4.36. The smallest absolute Gasteiger partial charge is 0.318 e. The minimum Gasteiger partial charge on any atom is -0.491 e. The van der Waals surface area contributed by atoms with Crippen LogP contribution >= 0.6 is 23.2 Å². The number of hydrogen-bond donors (Lipinski definition) is 3. The number of aromatic nitrogens is 2. The van der Waals surface area contributed by atoms with Crippen LogP contribution in [0.1, 0.15) is 12.0 Å². The van der Waals surface area contributed by atoms with Crippen molar-refractivity contribution in [2.24, 2.45) is 22.4 Å². The SMILES string of the molecule is C=C(N)N=C(C1=C(N)CN(C(=O)NC2C[C@H]2CN(C)C)C1)c1c(Cl)cc(Cl)cc1OCCn1cccn1. The number of amides is 2. The van der Waals surface area contributed by atoms with Crippen molar-refractivity contribution in [2.75, 3.05) is 40.3 Å². The van der Waals surface area contributed by atoms with Crippen molar-refractivity contribution >= 4 is 34.9 Å². The molecule has 4 rings (SSSR count). The first-order valence-electron chi connectivity index (χ1n) is 11.9. The third-order valence-electron chi connectivity index (χ3n) is 6.15. The number of carbonyl (C=O) groups excluding carboxylic acids is 1. The van der Waals surface area contributed by atoms with Gasteiger partial charge in [-0.25, -0.2) is 9.79 Å². The number of benzene rings is 1. The number of nitrogens with two attached hydrogens (primary N) is 2. The Morgan fingerprint density at radius 2 is 2.14 bits per heavy atom. The zero-order valence-electron chi connectivity index (χ0n) is 21.0. The number of hydrogen-bond acceptors (Lipinski definition) is 7. The molecule has 0 radical (unpaired) electrons. The topological polar surface area (TPSA) is 127 Å². The van der Waals surface area contributed by atoms with Gasteiger partial charge in [0.2, 0.25) is 0 Å². The second kappa shape index (κ2) is 11.5. The van der Waals surface area contributed by atoms with Crippen LogP contribution < -0.4 is 21.5 Å². The van der Waals surface area contributed by atoms with Gasteiger partial charge in [-0.05, 0) is 44.6 Å². The van der Waals surface area contributed by atoms with Crippen molar-refractivity contribution in [3.63, 3.8) is 0 Å². The summed E-state index contributed by atoms with van der Waals surface area (Å²) in [5.41, 5.74) is 14.3. The largest absolute Gasteiger partial charge is 0.491 e. The molecule has 1 unspecified atom stereocenters. The quantitative estimate of drug-likeness (QED) is 0.393. The van der Waals surface area contributed by atoms with E-state index in [-0.39, 0.29) is 31.0 Å². The van der Waals surface area contributed by atoms with Crippen LogP contribution in [-0.2, 0) is 6.54 Å². The molecule has 1 aliphatic carbocycles. The van der Waals surface area contributed by atoms with Crippen LogP contribution in [0.4, 0.5) is 4.79 Å². The van der Waals surface area contributed by atoms with Crippen molar-refractivity contribution in [2.45, 2.75) is 19.0 Å². The van der Waals surface area contributed by atoms with Gasteiger partial charge in [-0.3, -0.25) is 4.68 Å². The Hall–Kier alpha value is -3.21. The Kier molecular flexibility index (Phi) is 8.31. The van der Waals surface area contributed by atoms with Gasteiger partial charge in [-0.15, -0.1) is 0 Å². The van der Waals surface area contributed by atoms with Crippen LogP contribution in [0, 0.1) is 5.92 Å².